The van der Waals surface area contributed by atoms with E-state index in [0.717, 1.165) is 30.9 Å². The predicted molar refractivity (Wildman–Crippen MR) is 95.0 cm³/mol. The van der Waals surface area contributed by atoms with Gasteiger partial charge in [0, 0.05) is 36.6 Å². The van der Waals surface area contributed by atoms with Crippen molar-refractivity contribution in [2.75, 3.05) is 18.0 Å². The number of Topliss-reactive ketones (excluding diaryl/α,β-unsaturated/α-hetero) is 1. The number of hydrogen-bond acceptors (Lipinski definition) is 5. The Labute approximate surface area is 146 Å². The Hall–Kier alpha value is -2.70. The second-order valence-corrected chi connectivity index (χ2v) is 6.46. The van der Waals surface area contributed by atoms with Gasteiger partial charge in [-0.3, -0.25) is 9.59 Å². The minimum Gasteiger partial charge on any atom is -0.354 e. The van der Waals surface area contributed by atoms with Crippen LogP contribution in [0.2, 0.25) is 0 Å². The predicted octanol–water partition coefficient (Wildman–Crippen LogP) is 2.02. The zero-order valence-electron chi connectivity index (χ0n) is 14.8. The van der Waals surface area contributed by atoms with Crippen molar-refractivity contribution in [1.82, 2.24) is 20.5 Å². The van der Waals surface area contributed by atoms with E-state index in [9.17, 15) is 9.59 Å². The van der Waals surface area contributed by atoms with Crippen molar-refractivity contribution < 1.29 is 9.59 Å². The third kappa shape index (κ3) is 3.40. The van der Waals surface area contributed by atoms with Gasteiger partial charge in [0.2, 0.25) is 0 Å². The number of hydrogen-bond donors (Lipinski definition) is 2. The van der Waals surface area contributed by atoms with Gasteiger partial charge in [-0.05, 0) is 51.3 Å². The molecule has 1 fully saturated rings. The van der Waals surface area contributed by atoms with E-state index < -0.39 is 0 Å². The molecule has 25 heavy (non-hydrogen) atoms. The highest BCUT2D eigenvalue weighted by Crippen LogP contribution is 2.23. The number of amides is 1. The summed E-state index contributed by atoms with van der Waals surface area (Å²) in [7, 11) is 0. The number of rotatable bonds is 5. The maximum atomic E-state index is 12.6. The van der Waals surface area contributed by atoms with Gasteiger partial charge in [0.05, 0.1) is 0 Å². The zero-order valence-corrected chi connectivity index (χ0v) is 14.8. The van der Waals surface area contributed by atoms with Gasteiger partial charge in [0.15, 0.2) is 11.6 Å². The average molecular weight is 341 g/mol. The molecule has 0 radical (unpaired) electrons. The number of ketones is 1. The van der Waals surface area contributed by atoms with Crippen LogP contribution in [0, 0.1) is 13.8 Å². The number of carbonyl (C=O) groups is 2. The van der Waals surface area contributed by atoms with Crippen LogP contribution in [0.15, 0.2) is 18.3 Å². The van der Waals surface area contributed by atoms with Crippen LogP contribution in [-0.4, -0.2) is 46.0 Å². The number of nitrogens with one attached hydrogen (secondary N) is 2. The van der Waals surface area contributed by atoms with E-state index in [1.165, 1.54) is 6.92 Å². The van der Waals surface area contributed by atoms with E-state index >= 15 is 0 Å². The van der Waals surface area contributed by atoms with E-state index in [4.69, 9.17) is 0 Å². The Morgan fingerprint density at radius 2 is 2.20 bits per heavy atom. The normalized spacial score (nSPS) is 16.9. The molecule has 1 unspecified atom stereocenters. The lowest BCUT2D eigenvalue weighted by atomic mass is 10.1. The summed E-state index contributed by atoms with van der Waals surface area (Å²) in [5, 5.41) is 11.1. The molecule has 2 N–H and O–H groups in total. The minimum absolute atomic E-state index is 0.0325. The lowest BCUT2D eigenvalue weighted by molar-refractivity contribution is 0.0946. The average Bonchev–Trinajstić information content (AvgIpc) is 3.17. The molecular weight excluding hydrogens is 318 g/mol. The van der Waals surface area contributed by atoms with Gasteiger partial charge in [-0.15, -0.1) is 5.10 Å². The van der Waals surface area contributed by atoms with Crippen LogP contribution in [0.25, 0.3) is 0 Å². The summed E-state index contributed by atoms with van der Waals surface area (Å²) in [4.78, 5) is 29.5. The van der Waals surface area contributed by atoms with Gasteiger partial charge >= 0.3 is 0 Å². The number of aromatic nitrogens is 3. The molecule has 7 nitrogen and oxygen atoms in total. The van der Waals surface area contributed by atoms with Gasteiger partial charge < -0.3 is 15.2 Å². The number of carbonyl (C=O) groups excluding carboxylic acids is 2. The molecule has 3 heterocycles. The van der Waals surface area contributed by atoms with Crippen LogP contribution in [0.4, 0.5) is 5.82 Å². The van der Waals surface area contributed by atoms with Crippen LogP contribution >= 0.6 is 0 Å². The molecule has 1 aliphatic heterocycles. The van der Waals surface area contributed by atoms with Gasteiger partial charge in [-0.25, -0.2) is 0 Å². The lowest BCUT2D eigenvalue weighted by Crippen LogP contribution is -2.40. The highest BCUT2D eigenvalue weighted by molar-refractivity contribution is 6.02. The van der Waals surface area contributed by atoms with E-state index in [2.05, 4.69) is 25.4 Å². The fourth-order valence-electron chi connectivity index (χ4n) is 3.60. The largest absolute Gasteiger partial charge is 0.354 e. The highest BCUT2D eigenvalue weighted by Gasteiger charge is 2.27. The molecule has 0 saturated carbocycles. The van der Waals surface area contributed by atoms with Crippen LogP contribution in [0.5, 0.6) is 0 Å². The number of H-pyrrole nitrogens is 1. The first-order valence-electron chi connectivity index (χ1n) is 8.51. The van der Waals surface area contributed by atoms with Crippen molar-refractivity contribution >= 4 is 17.5 Å². The standard InChI is InChI=1S/C18H23N5O2/c1-11-16(13(3)24)12(2)21-17(11)18(25)19-10-14-6-5-9-23(14)15-7-4-8-20-22-15/h4,7-8,14,21H,5-6,9-10H2,1-3H3,(H,19,25). The maximum absolute atomic E-state index is 12.6. The number of anilines is 1. The van der Waals surface area contributed by atoms with Gasteiger partial charge in [0.25, 0.3) is 5.91 Å². The topological polar surface area (TPSA) is 91.0 Å². The van der Waals surface area contributed by atoms with E-state index in [0.29, 0.717) is 23.4 Å². The van der Waals surface area contributed by atoms with Crippen LogP contribution in [-0.2, 0) is 0 Å². The van der Waals surface area contributed by atoms with Crippen LogP contribution in [0.3, 0.4) is 0 Å². The van der Waals surface area contributed by atoms with Crippen molar-refractivity contribution in [2.24, 2.45) is 0 Å². The van der Waals surface area contributed by atoms with Gasteiger partial charge in [-0.2, -0.15) is 5.10 Å². The molecule has 2 aromatic rings. The summed E-state index contributed by atoms with van der Waals surface area (Å²) in [5.74, 6) is 0.624. The third-order valence-electron chi connectivity index (χ3n) is 4.74. The fourth-order valence-corrected chi connectivity index (χ4v) is 3.60. The van der Waals surface area contributed by atoms with Gasteiger partial charge in [0.1, 0.15) is 5.69 Å². The zero-order chi connectivity index (χ0) is 18.0. The quantitative estimate of drug-likeness (QED) is 0.812. The first-order valence-corrected chi connectivity index (χ1v) is 8.51. The highest BCUT2D eigenvalue weighted by atomic mass is 16.2. The summed E-state index contributed by atoms with van der Waals surface area (Å²) in [5.41, 5.74) is 2.51. The minimum atomic E-state index is -0.181. The monoisotopic (exact) mass is 341 g/mol. The second kappa shape index (κ2) is 7.04. The van der Waals surface area contributed by atoms with Crippen molar-refractivity contribution in [3.8, 4) is 0 Å². The van der Waals surface area contributed by atoms with Crippen LogP contribution < -0.4 is 10.2 Å². The van der Waals surface area contributed by atoms with Crippen molar-refractivity contribution in [2.45, 2.75) is 39.7 Å². The molecule has 0 spiro atoms. The molecule has 0 aromatic carbocycles. The molecule has 3 rings (SSSR count). The maximum Gasteiger partial charge on any atom is 0.268 e. The molecule has 1 aliphatic rings. The second-order valence-electron chi connectivity index (χ2n) is 6.46. The summed E-state index contributed by atoms with van der Waals surface area (Å²) in [6.07, 6.45) is 3.71. The van der Waals surface area contributed by atoms with E-state index in [1.807, 2.05) is 19.1 Å². The summed E-state index contributed by atoms with van der Waals surface area (Å²) in [6, 6.07) is 4.00. The summed E-state index contributed by atoms with van der Waals surface area (Å²) >= 11 is 0. The smallest absolute Gasteiger partial charge is 0.268 e. The summed E-state index contributed by atoms with van der Waals surface area (Å²) in [6.45, 7) is 6.57. The third-order valence-corrected chi connectivity index (χ3v) is 4.74. The first-order chi connectivity index (χ1) is 12.0. The van der Waals surface area contributed by atoms with Crippen LogP contribution in [0.1, 0.15) is 51.9 Å². The lowest BCUT2D eigenvalue weighted by Gasteiger charge is -2.25. The Kier molecular flexibility index (Phi) is 4.83. The van der Waals surface area contributed by atoms with Crippen molar-refractivity contribution in [3.05, 3.63) is 40.8 Å². The molecule has 7 heteroatoms. The Morgan fingerprint density at radius 1 is 1.40 bits per heavy atom. The Balaban J connectivity index is 1.68. The van der Waals surface area contributed by atoms with E-state index in [-0.39, 0.29) is 17.7 Å². The fraction of sp³-hybridized carbons (Fsp3) is 0.444. The summed E-state index contributed by atoms with van der Waals surface area (Å²) < 4.78 is 0. The molecular formula is C18H23N5O2. The molecule has 1 atom stereocenters. The molecule has 0 bridgehead atoms. The molecule has 1 saturated heterocycles. The first kappa shape index (κ1) is 17.1. The Morgan fingerprint density at radius 3 is 2.84 bits per heavy atom. The number of aryl methyl sites for hydroxylation is 1. The Bertz CT molecular complexity index is 784. The van der Waals surface area contributed by atoms with Gasteiger partial charge in [-0.1, -0.05) is 0 Å². The van der Waals surface area contributed by atoms with Crippen molar-refractivity contribution in [3.63, 3.8) is 0 Å². The molecule has 132 valence electrons. The van der Waals surface area contributed by atoms with Crippen molar-refractivity contribution in [1.29, 1.82) is 0 Å². The number of aromatic amines is 1. The SMILES string of the molecule is CC(=O)c1c(C)[nH]c(C(=O)NCC2CCCN2c2cccnn2)c1C. The molecule has 0 aliphatic carbocycles. The number of nitrogens with zero attached hydrogens (tertiary/aromatic N) is 3. The molecule has 1 amide bonds. The molecule has 2 aromatic heterocycles. The van der Waals surface area contributed by atoms with E-state index in [1.54, 1.807) is 13.1 Å².